The predicted molar refractivity (Wildman–Crippen MR) is 119 cm³/mol. The highest BCUT2D eigenvalue weighted by Crippen LogP contribution is 2.22. The minimum atomic E-state index is -0.430. The Morgan fingerprint density at radius 3 is 2.47 bits per heavy atom. The van der Waals surface area contributed by atoms with Gasteiger partial charge in [-0.15, -0.1) is 0 Å². The molecule has 166 valence electrons. The van der Waals surface area contributed by atoms with Gasteiger partial charge in [0.2, 0.25) is 5.88 Å². The van der Waals surface area contributed by atoms with Crippen molar-refractivity contribution in [1.29, 1.82) is 0 Å². The molecule has 3 rings (SSSR count). The molecule has 0 aliphatic carbocycles. The molecule has 0 bridgehead atoms. The summed E-state index contributed by atoms with van der Waals surface area (Å²) < 4.78 is 23.4. The van der Waals surface area contributed by atoms with Gasteiger partial charge in [-0.25, -0.2) is 14.2 Å². The van der Waals surface area contributed by atoms with E-state index in [0.717, 1.165) is 11.1 Å². The van der Waals surface area contributed by atoms with Crippen molar-refractivity contribution >= 4 is 23.5 Å². The van der Waals surface area contributed by atoms with Crippen molar-refractivity contribution in [2.45, 2.75) is 19.4 Å². The minimum Gasteiger partial charge on any atom is -0.477 e. The number of nitrogens with zero attached hydrogens (tertiary/aromatic N) is 1. The number of carbonyl (C=O) groups is 2. The Balaban J connectivity index is 1.66. The van der Waals surface area contributed by atoms with E-state index >= 15 is 0 Å². The molecule has 0 aliphatic rings. The molecule has 6 nitrogen and oxygen atoms in total. The highest BCUT2D eigenvalue weighted by Gasteiger charge is 2.18. The number of methoxy groups -OCH3 is 1. The number of ether oxygens (including phenoxy) is 2. The first-order chi connectivity index (χ1) is 15.4. The Morgan fingerprint density at radius 2 is 1.81 bits per heavy atom. The average molecular weight is 457 g/mol. The van der Waals surface area contributed by atoms with E-state index in [1.165, 1.54) is 31.5 Å². The molecule has 0 radical (unpaired) electrons. The molecule has 0 unspecified atom stereocenters. The molecule has 1 heterocycles. The molecule has 0 fully saturated rings. The van der Waals surface area contributed by atoms with Crippen molar-refractivity contribution in [3.05, 3.63) is 93.9 Å². The van der Waals surface area contributed by atoms with Gasteiger partial charge in [0.1, 0.15) is 11.4 Å². The second-order valence-corrected chi connectivity index (χ2v) is 7.48. The van der Waals surface area contributed by atoms with Gasteiger partial charge in [0.15, 0.2) is 0 Å². The van der Waals surface area contributed by atoms with E-state index in [2.05, 4.69) is 10.3 Å². The van der Waals surface area contributed by atoms with Crippen LogP contribution in [-0.4, -0.2) is 30.6 Å². The first-order valence-electron chi connectivity index (χ1n) is 9.89. The molecule has 1 atom stereocenters. The molecule has 2 aromatic carbocycles. The lowest BCUT2D eigenvalue weighted by atomic mass is 10.1. The first-order valence-corrected chi connectivity index (χ1v) is 10.3. The number of pyridine rings is 1. The average Bonchev–Trinajstić information content (AvgIpc) is 2.80. The fraction of sp³-hybridized carbons (Fsp3) is 0.208. The topological polar surface area (TPSA) is 77.5 Å². The van der Waals surface area contributed by atoms with Gasteiger partial charge in [-0.05, 0) is 48.4 Å². The van der Waals surface area contributed by atoms with E-state index in [9.17, 15) is 14.0 Å². The van der Waals surface area contributed by atoms with Gasteiger partial charge in [-0.3, -0.25) is 4.79 Å². The summed E-state index contributed by atoms with van der Waals surface area (Å²) in [7, 11) is 1.32. The maximum absolute atomic E-state index is 13.0. The Labute approximate surface area is 190 Å². The number of hydrogen-bond donors (Lipinski definition) is 1. The van der Waals surface area contributed by atoms with Crippen LogP contribution < -0.4 is 10.1 Å². The number of nitrogens with one attached hydrogen (secondary N) is 1. The Hall–Kier alpha value is -3.45. The van der Waals surface area contributed by atoms with E-state index in [0.29, 0.717) is 17.0 Å². The van der Waals surface area contributed by atoms with Gasteiger partial charge in [0, 0.05) is 12.6 Å². The number of benzene rings is 2. The highest BCUT2D eigenvalue weighted by atomic mass is 35.5. The quantitative estimate of drug-likeness (QED) is 0.494. The van der Waals surface area contributed by atoms with Crippen molar-refractivity contribution in [1.82, 2.24) is 10.3 Å². The van der Waals surface area contributed by atoms with E-state index in [1.54, 1.807) is 36.4 Å². The van der Waals surface area contributed by atoms with E-state index in [4.69, 9.17) is 21.1 Å². The summed E-state index contributed by atoms with van der Waals surface area (Å²) in [6.45, 7) is 2.07. The number of aromatic nitrogens is 1. The summed E-state index contributed by atoms with van der Waals surface area (Å²) in [6, 6.07) is 14.0. The maximum Gasteiger partial charge on any atom is 0.337 e. The summed E-state index contributed by atoms with van der Waals surface area (Å²) in [5.41, 5.74) is 2.33. The molecule has 32 heavy (non-hydrogen) atoms. The zero-order chi connectivity index (χ0) is 23.1. The molecule has 8 heteroatoms. The summed E-state index contributed by atoms with van der Waals surface area (Å²) in [4.78, 5) is 28.6. The van der Waals surface area contributed by atoms with Crippen LogP contribution in [0.1, 0.15) is 44.8 Å². The number of carbonyl (C=O) groups excluding carboxylic acids is 2. The predicted octanol–water partition coefficient (Wildman–Crippen LogP) is 4.77. The van der Waals surface area contributed by atoms with E-state index < -0.39 is 11.9 Å². The summed E-state index contributed by atoms with van der Waals surface area (Å²) in [5, 5.41) is 3.18. The number of amides is 1. The van der Waals surface area contributed by atoms with Crippen molar-refractivity contribution in [2.24, 2.45) is 0 Å². The Kier molecular flexibility index (Phi) is 7.78. The van der Waals surface area contributed by atoms with Crippen LogP contribution in [0.25, 0.3) is 0 Å². The zero-order valence-corrected chi connectivity index (χ0v) is 18.4. The largest absolute Gasteiger partial charge is 0.477 e. The minimum absolute atomic E-state index is 0.155. The second-order valence-electron chi connectivity index (χ2n) is 7.04. The van der Waals surface area contributed by atoms with Gasteiger partial charge in [0.25, 0.3) is 5.91 Å². The van der Waals surface area contributed by atoms with Crippen molar-refractivity contribution in [3.8, 4) is 5.88 Å². The van der Waals surface area contributed by atoms with Crippen LogP contribution in [0.3, 0.4) is 0 Å². The van der Waals surface area contributed by atoms with E-state index in [-0.39, 0.29) is 29.9 Å². The third-order valence-corrected chi connectivity index (χ3v) is 4.99. The monoisotopic (exact) mass is 456 g/mol. The molecule has 1 aromatic heterocycles. The van der Waals surface area contributed by atoms with Crippen LogP contribution in [0.2, 0.25) is 5.02 Å². The molecular weight excluding hydrogens is 435 g/mol. The smallest absolute Gasteiger partial charge is 0.337 e. The van der Waals surface area contributed by atoms with Gasteiger partial charge in [0.05, 0.1) is 30.3 Å². The lowest BCUT2D eigenvalue weighted by molar-refractivity contribution is 0.0600. The van der Waals surface area contributed by atoms with Crippen LogP contribution in [0.4, 0.5) is 4.39 Å². The standard InChI is InChI=1S/C24H22ClFN2O4/c1-15(17-5-7-18(8-6-17)24(30)31-2)28-22(29)21-13-19(25)14-27-23(21)32-12-11-16-3-9-20(26)10-4-16/h3-10,13-15H,11-12H2,1-2H3,(H,28,29)/t15-/m0/s1. The normalized spacial score (nSPS) is 11.5. The molecule has 1 N–H and O–H groups in total. The van der Waals surface area contributed by atoms with Crippen molar-refractivity contribution in [2.75, 3.05) is 13.7 Å². The molecule has 0 spiro atoms. The van der Waals surface area contributed by atoms with Gasteiger partial charge in [-0.1, -0.05) is 35.9 Å². The fourth-order valence-corrected chi connectivity index (χ4v) is 3.16. The molecule has 0 saturated carbocycles. The Morgan fingerprint density at radius 1 is 1.12 bits per heavy atom. The van der Waals surface area contributed by atoms with Crippen molar-refractivity contribution in [3.63, 3.8) is 0 Å². The van der Waals surface area contributed by atoms with Gasteiger partial charge >= 0.3 is 5.97 Å². The fourth-order valence-electron chi connectivity index (χ4n) is 3.00. The summed E-state index contributed by atoms with van der Waals surface area (Å²) in [5.74, 6) is -0.980. The number of rotatable bonds is 8. The third-order valence-electron chi connectivity index (χ3n) is 4.78. The molecule has 1 amide bonds. The number of hydrogen-bond acceptors (Lipinski definition) is 5. The zero-order valence-electron chi connectivity index (χ0n) is 17.6. The van der Waals surface area contributed by atoms with Crippen LogP contribution in [-0.2, 0) is 11.2 Å². The summed E-state index contributed by atoms with van der Waals surface area (Å²) in [6.07, 6.45) is 1.93. The molecular formula is C24H22ClFN2O4. The van der Waals surface area contributed by atoms with Crippen LogP contribution in [0.15, 0.2) is 60.8 Å². The molecule has 0 saturated heterocycles. The van der Waals surface area contributed by atoms with Gasteiger partial charge < -0.3 is 14.8 Å². The Bertz CT molecular complexity index is 1090. The van der Waals surface area contributed by atoms with E-state index in [1.807, 2.05) is 6.92 Å². The second kappa shape index (κ2) is 10.7. The first kappa shape index (κ1) is 23.2. The number of esters is 1. The van der Waals surface area contributed by atoms with Crippen LogP contribution in [0, 0.1) is 5.82 Å². The van der Waals surface area contributed by atoms with Crippen LogP contribution in [0.5, 0.6) is 5.88 Å². The maximum atomic E-state index is 13.0. The van der Waals surface area contributed by atoms with Crippen molar-refractivity contribution < 1.29 is 23.5 Å². The third kappa shape index (κ3) is 6.04. The molecule has 0 aliphatic heterocycles. The van der Waals surface area contributed by atoms with Gasteiger partial charge in [-0.2, -0.15) is 0 Å². The highest BCUT2D eigenvalue weighted by molar-refractivity contribution is 6.30. The molecule has 3 aromatic rings. The summed E-state index contributed by atoms with van der Waals surface area (Å²) >= 11 is 6.04. The SMILES string of the molecule is COC(=O)c1ccc([C@H](C)NC(=O)c2cc(Cl)cnc2OCCc2ccc(F)cc2)cc1. The van der Waals surface area contributed by atoms with Crippen LogP contribution >= 0.6 is 11.6 Å². The lowest BCUT2D eigenvalue weighted by Gasteiger charge is -2.16. The lowest BCUT2D eigenvalue weighted by Crippen LogP contribution is -2.27. The number of halogens is 2.